The third kappa shape index (κ3) is 4.82. The summed E-state index contributed by atoms with van der Waals surface area (Å²) in [6.07, 6.45) is -3.23. The van der Waals surface area contributed by atoms with Gasteiger partial charge in [0.15, 0.2) is 0 Å². The Hall–Kier alpha value is -3.26. The molecule has 0 saturated heterocycles. The third-order valence-corrected chi connectivity index (χ3v) is 6.19. The summed E-state index contributed by atoms with van der Waals surface area (Å²) in [7, 11) is -3.76. The molecule has 0 unspecified atom stereocenters. The van der Waals surface area contributed by atoms with Crippen LogP contribution in [0, 0.1) is 0 Å². The van der Waals surface area contributed by atoms with Crippen LogP contribution in [0.25, 0.3) is 11.1 Å². The Kier molecular flexibility index (Phi) is 5.97. The van der Waals surface area contributed by atoms with Crippen LogP contribution in [-0.2, 0) is 22.6 Å². The van der Waals surface area contributed by atoms with Gasteiger partial charge in [-0.2, -0.15) is 18.2 Å². The van der Waals surface area contributed by atoms with Gasteiger partial charge in [-0.05, 0) is 41.3 Å². The molecule has 1 aliphatic heterocycles. The first kappa shape index (κ1) is 23.9. The van der Waals surface area contributed by atoms with E-state index in [1.165, 1.54) is 11.0 Å². The number of carbonyl (C=O) groups is 1. The molecule has 3 aromatic rings. The van der Waals surface area contributed by atoms with Crippen molar-refractivity contribution in [2.75, 3.05) is 22.4 Å². The lowest BCUT2D eigenvalue weighted by atomic mass is 9.94. The number of alkyl halides is 3. The topological polar surface area (TPSA) is 125 Å². The minimum Gasteiger partial charge on any atom is -0.490 e. The molecule has 178 valence electrons. The molecule has 9 nitrogen and oxygen atoms in total. The number of fused-ring (bicyclic) bond motifs is 1. The van der Waals surface area contributed by atoms with E-state index in [1.54, 1.807) is 18.2 Å². The van der Waals surface area contributed by atoms with E-state index in [-0.39, 0.29) is 17.0 Å². The average Bonchev–Trinajstić information content (AvgIpc) is 2.74. The molecule has 0 bridgehead atoms. The number of hydrogen-bond acceptors (Lipinski definition) is 7. The maximum atomic E-state index is 13.1. The molecule has 2 heterocycles. The number of aromatic nitrogens is 3. The van der Waals surface area contributed by atoms with Crippen LogP contribution in [0.3, 0.4) is 0 Å². The number of hydrogen-bond donors (Lipinski definition) is 2. The number of amides is 1. The highest BCUT2D eigenvalue weighted by atomic mass is 79.9. The first-order valence-electron chi connectivity index (χ1n) is 9.57. The van der Waals surface area contributed by atoms with Gasteiger partial charge in [0.25, 0.3) is 17.7 Å². The number of nitrogens with one attached hydrogen (secondary N) is 1. The van der Waals surface area contributed by atoms with Gasteiger partial charge in [0.2, 0.25) is 15.8 Å². The van der Waals surface area contributed by atoms with E-state index in [1.807, 2.05) is 4.72 Å². The van der Waals surface area contributed by atoms with Crippen LogP contribution in [0.1, 0.15) is 21.5 Å². The van der Waals surface area contributed by atoms with Crippen molar-refractivity contribution in [1.29, 1.82) is 0 Å². The number of carbonyl (C=O) groups excluding carboxylic acids is 1. The van der Waals surface area contributed by atoms with Gasteiger partial charge in [0.1, 0.15) is 0 Å². The zero-order chi connectivity index (χ0) is 24.8. The van der Waals surface area contributed by atoms with Crippen LogP contribution in [0.4, 0.5) is 24.9 Å². The lowest BCUT2D eigenvalue weighted by molar-refractivity contribution is -0.137. The molecule has 0 spiro atoms. The van der Waals surface area contributed by atoms with Crippen LogP contribution >= 0.6 is 15.9 Å². The third-order valence-electron chi connectivity index (χ3n) is 4.97. The fourth-order valence-electron chi connectivity index (χ4n) is 3.44. The molecule has 2 N–H and O–H groups in total. The first-order valence-corrected chi connectivity index (χ1v) is 12.3. The van der Waals surface area contributed by atoms with E-state index in [2.05, 4.69) is 31.1 Å². The largest absolute Gasteiger partial charge is 0.490 e. The van der Waals surface area contributed by atoms with Gasteiger partial charge < -0.3 is 5.11 Å². The second kappa shape index (κ2) is 8.51. The van der Waals surface area contributed by atoms with E-state index in [0.29, 0.717) is 28.7 Å². The summed E-state index contributed by atoms with van der Waals surface area (Å²) in [6, 6.07) is 8.23. The molecule has 0 fully saturated rings. The fraction of sp³-hybridized carbons (Fsp3) is 0.200. The highest BCUT2D eigenvalue weighted by Gasteiger charge is 2.32. The Morgan fingerprint density at radius 1 is 1.12 bits per heavy atom. The Morgan fingerprint density at radius 2 is 1.82 bits per heavy atom. The van der Waals surface area contributed by atoms with Crippen molar-refractivity contribution in [2.45, 2.75) is 12.6 Å². The number of halogens is 4. The molecular formula is C20H15BrF3N5O4S. The molecule has 0 saturated carbocycles. The van der Waals surface area contributed by atoms with Crippen molar-refractivity contribution in [1.82, 2.24) is 15.2 Å². The molecule has 0 radical (unpaired) electrons. The first-order chi connectivity index (χ1) is 15.8. The minimum absolute atomic E-state index is 0.133. The standard InChI is InChI=1S/C20H15BrF3N5O4S/c1-34(32,33)28-16-17(30)26-27-19(25-16)29-7-6-11-8-10(2-4-14(11)18(29)31)13-5-3-12(9-15(13)21)20(22,23)24/h2-5,8-9H,6-7H2,1H3,(H,26,30)(H,25,27,28). The number of aromatic hydroxyl groups is 1. The summed E-state index contributed by atoms with van der Waals surface area (Å²) >= 11 is 3.19. The van der Waals surface area contributed by atoms with Crippen LogP contribution in [0.2, 0.25) is 0 Å². The molecule has 14 heteroatoms. The van der Waals surface area contributed by atoms with E-state index >= 15 is 0 Å². The lowest BCUT2D eigenvalue weighted by Gasteiger charge is -2.27. The van der Waals surface area contributed by atoms with Crippen LogP contribution in [0.15, 0.2) is 40.9 Å². The fourth-order valence-corrected chi connectivity index (χ4v) is 4.54. The van der Waals surface area contributed by atoms with E-state index in [0.717, 1.165) is 18.4 Å². The Bertz CT molecular complexity index is 1420. The van der Waals surface area contributed by atoms with Crippen LogP contribution in [0.5, 0.6) is 5.88 Å². The summed E-state index contributed by atoms with van der Waals surface area (Å²) in [5.41, 5.74) is 1.38. The van der Waals surface area contributed by atoms with Gasteiger partial charge in [0, 0.05) is 16.6 Å². The minimum atomic E-state index is -4.46. The molecule has 0 atom stereocenters. The highest BCUT2D eigenvalue weighted by molar-refractivity contribution is 9.10. The monoisotopic (exact) mass is 557 g/mol. The van der Waals surface area contributed by atoms with Gasteiger partial charge in [0.05, 0.1) is 11.8 Å². The van der Waals surface area contributed by atoms with Gasteiger partial charge in [-0.15, -0.1) is 10.2 Å². The summed E-state index contributed by atoms with van der Waals surface area (Å²) in [4.78, 5) is 18.1. The molecule has 34 heavy (non-hydrogen) atoms. The Morgan fingerprint density at radius 3 is 2.47 bits per heavy atom. The molecule has 0 aliphatic carbocycles. The van der Waals surface area contributed by atoms with E-state index in [4.69, 9.17) is 0 Å². The number of nitrogens with zero attached hydrogens (tertiary/aromatic N) is 4. The summed E-state index contributed by atoms with van der Waals surface area (Å²) in [6.45, 7) is 0.133. The highest BCUT2D eigenvalue weighted by Crippen LogP contribution is 2.37. The SMILES string of the molecule is CS(=O)(=O)Nc1nc(N2CCc3cc(-c4ccc(C(F)(F)F)cc4Br)ccc3C2=O)nnc1O. The Balaban J connectivity index is 1.64. The quantitative estimate of drug-likeness (QED) is 0.502. The zero-order valence-corrected chi connectivity index (χ0v) is 19.7. The lowest BCUT2D eigenvalue weighted by Crippen LogP contribution is -2.39. The molecule has 4 rings (SSSR count). The molecular weight excluding hydrogens is 543 g/mol. The maximum Gasteiger partial charge on any atom is 0.416 e. The van der Waals surface area contributed by atoms with E-state index < -0.39 is 39.4 Å². The summed E-state index contributed by atoms with van der Waals surface area (Å²) < 4.78 is 64.0. The summed E-state index contributed by atoms with van der Waals surface area (Å²) in [5, 5.41) is 16.8. The predicted octanol–water partition coefficient (Wildman–Crippen LogP) is 3.60. The van der Waals surface area contributed by atoms with Crippen molar-refractivity contribution >= 4 is 43.6 Å². The smallest absolute Gasteiger partial charge is 0.416 e. The van der Waals surface area contributed by atoms with Gasteiger partial charge in [-0.1, -0.05) is 34.1 Å². The van der Waals surface area contributed by atoms with Crippen molar-refractivity contribution in [3.8, 4) is 17.0 Å². The van der Waals surface area contributed by atoms with Crippen LogP contribution in [-0.4, -0.2) is 47.4 Å². The van der Waals surface area contributed by atoms with Gasteiger partial charge in [-0.25, -0.2) is 8.42 Å². The number of anilines is 2. The van der Waals surface area contributed by atoms with Crippen molar-refractivity contribution in [3.05, 3.63) is 57.6 Å². The molecule has 1 aromatic heterocycles. The maximum absolute atomic E-state index is 13.1. The second-order valence-electron chi connectivity index (χ2n) is 7.43. The van der Waals surface area contributed by atoms with Crippen molar-refractivity contribution in [3.63, 3.8) is 0 Å². The normalized spacial score (nSPS) is 14.1. The van der Waals surface area contributed by atoms with Crippen LogP contribution < -0.4 is 9.62 Å². The zero-order valence-electron chi connectivity index (χ0n) is 17.3. The Labute approximate surface area is 199 Å². The average molecular weight is 558 g/mol. The van der Waals surface area contributed by atoms with Gasteiger partial charge in [-0.3, -0.25) is 14.4 Å². The molecule has 2 aromatic carbocycles. The van der Waals surface area contributed by atoms with Gasteiger partial charge >= 0.3 is 6.18 Å². The number of sulfonamides is 1. The summed E-state index contributed by atoms with van der Waals surface area (Å²) in [5.74, 6) is -1.88. The van der Waals surface area contributed by atoms with Crippen molar-refractivity contribution < 1.29 is 31.5 Å². The number of rotatable bonds is 4. The molecule has 1 amide bonds. The number of benzene rings is 2. The second-order valence-corrected chi connectivity index (χ2v) is 10.0. The van der Waals surface area contributed by atoms with Crippen molar-refractivity contribution in [2.24, 2.45) is 0 Å². The predicted molar refractivity (Wildman–Crippen MR) is 120 cm³/mol. The molecule has 1 aliphatic rings. The van der Waals surface area contributed by atoms with E-state index in [9.17, 15) is 31.5 Å².